The van der Waals surface area contributed by atoms with Crippen LogP contribution in [0.2, 0.25) is 0 Å². The Balaban J connectivity index is 1.81. The number of nitrogens with one attached hydrogen (secondary N) is 2. The number of nitrogens with zero attached hydrogens (tertiary/aromatic N) is 3. The number of carbonyl (C=O) groups excluding carboxylic acids is 1. The highest BCUT2D eigenvalue weighted by Gasteiger charge is 2.37. The van der Waals surface area contributed by atoms with Gasteiger partial charge in [0.25, 0.3) is 5.91 Å². The quantitative estimate of drug-likeness (QED) is 0.197. The Morgan fingerprint density at radius 3 is 2.29 bits per heavy atom. The smallest absolute Gasteiger partial charge is 0.416 e. The van der Waals surface area contributed by atoms with E-state index in [1.54, 1.807) is 6.20 Å². The molecule has 2 aromatic carbocycles. The van der Waals surface area contributed by atoms with Crippen LogP contribution in [0.1, 0.15) is 59.1 Å². The number of aryl methyl sites for hydroxylation is 1. The molecule has 8 nitrogen and oxygen atoms in total. The van der Waals surface area contributed by atoms with Crippen LogP contribution in [-0.2, 0) is 30.1 Å². The second-order valence-corrected chi connectivity index (χ2v) is 9.37. The lowest BCUT2D eigenvalue weighted by molar-refractivity contribution is -0.143. The molecule has 14 heteroatoms. The summed E-state index contributed by atoms with van der Waals surface area (Å²) in [4.78, 5) is 35.3. The number of carboxylic acids is 1. The van der Waals surface area contributed by atoms with E-state index >= 15 is 0 Å². The molecule has 0 aliphatic carbocycles. The second kappa shape index (κ2) is 11.6. The third kappa shape index (κ3) is 7.05. The number of H-pyrrole nitrogens is 1. The maximum atomic E-state index is 13.5. The molecule has 0 aliphatic heterocycles. The SMILES string of the molecule is CCCCc1nc(-c2nc3cc(C(=O)NCCC(=O)O)ccc3n2Cc2cc(C(F)(F)F)cc(C(F)(F)F)c2)c[nH]1. The number of carboxylic acid groups (broad SMARTS) is 1. The first-order valence-corrected chi connectivity index (χ1v) is 12.6. The van der Waals surface area contributed by atoms with Crippen molar-refractivity contribution in [1.29, 1.82) is 0 Å². The molecule has 2 aromatic heterocycles. The van der Waals surface area contributed by atoms with Crippen molar-refractivity contribution >= 4 is 22.9 Å². The van der Waals surface area contributed by atoms with Gasteiger partial charge in [-0.1, -0.05) is 13.3 Å². The van der Waals surface area contributed by atoms with Crippen LogP contribution in [0.4, 0.5) is 26.3 Å². The number of benzene rings is 2. The molecule has 2 heterocycles. The van der Waals surface area contributed by atoms with Gasteiger partial charge in [-0.3, -0.25) is 9.59 Å². The first-order valence-electron chi connectivity index (χ1n) is 12.6. The number of hydrogen-bond acceptors (Lipinski definition) is 4. The first kappa shape index (κ1) is 29.6. The number of carbonyl (C=O) groups is 2. The number of alkyl halides is 6. The van der Waals surface area contributed by atoms with Crippen molar-refractivity contribution in [2.75, 3.05) is 6.54 Å². The Morgan fingerprint density at radius 2 is 1.68 bits per heavy atom. The van der Waals surface area contributed by atoms with Gasteiger partial charge >= 0.3 is 18.3 Å². The summed E-state index contributed by atoms with van der Waals surface area (Å²) in [7, 11) is 0. The Kier molecular flexibility index (Phi) is 8.40. The van der Waals surface area contributed by atoms with E-state index < -0.39 is 41.9 Å². The number of halogens is 6. The van der Waals surface area contributed by atoms with Crippen LogP contribution in [0.5, 0.6) is 0 Å². The van der Waals surface area contributed by atoms with E-state index in [-0.39, 0.29) is 41.5 Å². The van der Waals surface area contributed by atoms with Crippen molar-refractivity contribution in [1.82, 2.24) is 24.8 Å². The molecule has 0 spiro atoms. The Labute approximate surface area is 229 Å². The molecule has 0 aliphatic rings. The maximum Gasteiger partial charge on any atom is 0.416 e. The minimum Gasteiger partial charge on any atom is -0.481 e. The van der Waals surface area contributed by atoms with Gasteiger partial charge in [0.2, 0.25) is 0 Å². The van der Waals surface area contributed by atoms with Crippen LogP contribution in [0.25, 0.3) is 22.6 Å². The molecule has 0 bridgehead atoms. The molecule has 0 fully saturated rings. The minimum absolute atomic E-state index is 0.0688. The van der Waals surface area contributed by atoms with Gasteiger partial charge in [-0.25, -0.2) is 9.97 Å². The van der Waals surface area contributed by atoms with Crippen molar-refractivity contribution in [2.45, 2.75) is 51.5 Å². The molecule has 0 saturated carbocycles. The first-order chi connectivity index (χ1) is 19.3. The average molecular weight is 582 g/mol. The lowest BCUT2D eigenvalue weighted by atomic mass is 10.0. The molecule has 4 aromatic rings. The highest BCUT2D eigenvalue weighted by molar-refractivity contribution is 5.98. The van der Waals surface area contributed by atoms with Crippen LogP contribution >= 0.6 is 0 Å². The summed E-state index contributed by atoms with van der Waals surface area (Å²) >= 11 is 0. The van der Waals surface area contributed by atoms with Crippen LogP contribution in [0, 0.1) is 0 Å². The Morgan fingerprint density at radius 1 is 1.00 bits per heavy atom. The summed E-state index contributed by atoms with van der Waals surface area (Å²) < 4.78 is 82.4. The van der Waals surface area contributed by atoms with E-state index in [1.165, 1.54) is 22.8 Å². The van der Waals surface area contributed by atoms with E-state index in [4.69, 9.17) is 5.11 Å². The van der Waals surface area contributed by atoms with Crippen LogP contribution in [0.3, 0.4) is 0 Å². The number of aliphatic carboxylic acids is 1. The van der Waals surface area contributed by atoms with Gasteiger partial charge in [0.1, 0.15) is 11.5 Å². The van der Waals surface area contributed by atoms with Gasteiger partial charge in [-0.2, -0.15) is 26.3 Å². The minimum atomic E-state index is -5.00. The van der Waals surface area contributed by atoms with Crippen LogP contribution < -0.4 is 5.32 Å². The van der Waals surface area contributed by atoms with Gasteiger partial charge < -0.3 is 20.0 Å². The fourth-order valence-corrected chi connectivity index (χ4v) is 4.25. The number of imidazole rings is 2. The number of fused-ring (bicyclic) bond motifs is 1. The van der Waals surface area contributed by atoms with Crippen molar-refractivity contribution < 1.29 is 41.0 Å². The topological polar surface area (TPSA) is 113 Å². The number of hydrogen-bond donors (Lipinski definition) is 3. The van der Waals surface area contributed by atoms with Crippen molar-refractivity contribution in [3.63, 3.8) is 0 Å². The molecular weight excluding hydrogens is 556 g/mol. The predicted molar refractivity (Wildman–Crippen MR) is 136 cm³/mol. The van der Waals surface area contributed by atoms with Crippen LogP contribution in [0.15, 0.2) is 42.6 Å². The third-order valence-electron chi connectivity index (χ3n) is 6.25. The van der Waals surface area contributed by atoms with Crippen molar-refractivity contribution in [3.05, 3.63) is 70.7 Å². The number of aromatic nitrogens is 4. The standard InChI is InChI=1S/C27H25F6N5O3/c1-2-3-4-22-35-13-20(36-22)24-37-19-11-16(25(41)34-8-7-23(39)40)5-6-21(19)38(24)14-15-9-17(26(28,29)30)12-18(10-15)27(31,32)33/h5-6,9-13H,2-4,7-8,14H2,1H3,(H,34,41)(H,35,36)(H,39,40). The summed E-state index contributed by atoms with van der Waals surface area (Å²) in [6, 6.07) is 5.67. The van der Waals surface area contributed by atoms with Gasteiger partial charge in [0.05, 0.1) is 28.6 Å². The van der Waals surface area contributed by atoms with Gasteiger partial charge in [0.15, 0.2) is 5.82 Å². The largest absolute Gasteiger partial charge is 0.481 e. The molecule has 1 amide bonds. The molecule has 0 radical (unpaired) electrons. The zero-order valence-corrected chi connectivity index (χ0v) is 21.7. The van der Waals surface area contributed by atoms with E-state index in [2.05, 4.69) is 20.3 Å². The molecule has 3 N–H and O–H groups in total. The molecule has 0 unspecified atom stereocenters. The fraction of sp³-hybridized carbons (Fsp3) is 0.333. The number of unbranched alkanes of at least 4 members (excludes halogenated alkanes) is 1. The monoisotopic (exact) mass is 581 g/mol. The summed E-state index contributed by atoms with van der Waals surface area (Å²) in [6.07, 6.45) is -6.37. The molecule has 0 saturated heterocycles. The summed E-state index contributed by atoms with van der Waals surface area (Å²) in [5.74, 6) is -0.853. The van der Waals surface area contributed by atoms with Gasteiger partial charge in [-0.05, 0) is 48.4 Å². The average Bonchev–Trinajstić information content (AvgIpc) is 3.50. The van der Waals surface area contributed by atoms with E-state index in [0.29, 0.717) is 35.6 Å². The van der Waals surface area contributed by atoms with Crippen molar-refractivity contribution in [2.24, 2.45) is 0 Å². The summed E-state index contributed by atoms with van der Waals surface area (Å²) in [6.45, 7) is 1.49. The normalized spacial score (nSPS) is 12.2. The molecular formula is C27H25F6N5O3. The zero-order chi connectivity index (χ0) is 29.9. The zero-order valence-electron chi connectivity index (χ0n) is 21.7. The Hall–Kier alpha value is -4.36. The number of aromatic amines is 1. The third-order valence-corrected chi connectivity index (χ3v) is 6.25. The number of rotatable bonds is 10. The van der Waals surface area contributed by atoms with Crippen molar-refractivity contribution in [3.8, 4) is 11.5 Å². The van der Waals surface area contributed by atoms with E-state index in [9.17, 15) is 35.9 Å². The predicted octanol–water partition coefficient (Wildman–Crippen LogP) is 6.06. The van der Waals surface area contributed by atoms with Crippen LogP contribution in [-0.4, -0.2) is 43.0 Å². The second-order valence-electron chi connectivity index (χ2n) is 9.37. The van der Waals surface area contributed by atoms with E-state index in [1.807, 2.05) is 6.92 Å². The molecule has 218 valence electrons. The lowest BCUT2D eigenvalue weighted by Crippen LogP contribution is -2.25. The fourth-order valence-electron chi connectivity index (χ4n) is 4.25. The summed E-state index contributed by atoms with van der Waals surface area (Å²) in [5, 5.41) is 11.2. The molecule has 0 atom stereocenters. The Bertz CT molecular complexity index is 1540. The van der Waals surface area contributed by atoms with E-state index in [0.717, 1.165) is 12.8 Å². The lowest BCUT2D eigenvalue weighted by Gasteiger charge is -2.15. The highest BCUT2D eigenvalue weighted by atomic mass is 19.4. The summed E-state index contributed by atoms with van der Waals surface area (Å²) in [5.41, 5.74) is -2.08. The molecule has 41 heavy (non-hydrogen) atoms. The number of amides is 1. The highest BCUT2D eigenvalue weighted by Crippen LogP contribution is 2.37. The molecule has 4 rings (SSSR count). The van der Waals surface area contributed by atoms with Gasteiger partial charge in [0, 0.05) is 31.3 Å². The maximum absolute atomic E-state index is 13.5. The van der Waals surface area contributed by atoms with Gasteiger partial charge in [-0.15, -0.1) is 0 Å².